The lowest BCUT2D eigenvalue weighted by Gasteiger charge is -2.32. The van der Waals surface area contributed by atoms with E-state index in [1.165, 1.54) is 0 Å². The van der Waals surface area contributed by atoms with Gasteiger partial charge >= 0.3 is 0 Å². The number of hydrogen-bond donors (Lipinski definition) is 1. The van der Waals surface area contributed by atoms with Gasteiger partial charge in [-0.25, -0.2) is 0 Å². The van der Waals surface area contributed by atoms with E-state index in [9.17, 15) is 0 Å². The van der Waals surface area contributed by atoms with Crippen LogP contribution in [0.4, 0.5) is 0 Å². The van der Waals surface area contributed by atoms with Gasteiger partial charge in [-0.3, -0.25) is 0 Å². The van der Waals surface area contributed by atoms with Gasteiger partial charge in [0.25, 0.3) is 0 Å². The fourth-order valence-corrected chi connectivity index (χ4v) is 2.78. The molecule has 0 radical (unpaired) electrons. The normalized spacial score (nSPS) is 47.8. The molecule has 3 heteroatoms. The molecule has 0 aromatic rings. The maximum absolute atomic E-state index is 6.25. The van der Waals surface area contributed by atoms with Crippen LogP contribution in [0, 0.1) is 0 Å². The molecule has 2 N–H and O–H groups in total. The smallest absolute Gasteiger partial charge is 0.0970 e. The van der Waals surface area contributed by atoms with Crippen molar-refractivity contribution in [1.29, 1.82) is 0 Å². The molecule has 3 nitrogen and oxygen atoms in total. The third kappa shape index (κ3) is 1.58. The molecule has 3 unspecified atom stereocenters. The number of nitrogens with two attached hydrogens (primary N) is 1. The quantitative estimate of drug-likeness (QED) is 0.732. The van der Waals surface area contributed by atoms with Crippen LogP contribution in [-0.2, 0) is 9.47 Å². The largest absolute Gasteiger partial charge is 0.375 e. The summed E-state index contributed by atoms with van der Waals surface area (Å²) in [4.78, 5) is 0. The molecule has 2 aliphatic heterocycles. The first-order valence-corrected chi connectivity index (χ1v) is 5.62. The number of ether oxygens (including phenoxy) is 2. The minimum atomic E-state index is -0.00326. The lowest BCUT2D eigenvalue weighted by Crippen LogP contribution is -2.40. The van der Waals surface area contributed by atoms with Gasteiger partial charge in [-0.2, -0.15) is 0 Å². The zero-order valence-corrected chi connectivity index (χ0v) is 9.21. The van der Waals surface area contributed by atoms with Crippen molar-refractivity contribution in [3.63, 3.8) is 0 Å². The van der Waals surface area contributed by atoms with E-state index in [1.54, 1.807) is 0 Å². The lowest BCUT2D eigenvalue weighted by atomic mass is 9.91. The molecule has 0 saturated carbocycles. The van der Waals surface area contributed by atoms with E-state index >= 15 is 0 Å². The van der Waals surface area contributed by atoms with Crippen LogP contribution in [0.1, 0.15) is 39.5 Å². The zero-order valence-electron chi connectivity index (χ0n) is 9.21. The Labute approximate surface area is 85.9 Å². The molecule has 3 atom stereocenters. The predicted molar refractivity (Wildman–Crippen MR) is 55.2 cm³/mol. The molecule has 0 amide bonds. The molecule has 0 bridgehead atoms. The summed E-state index contributed by atoms with van der Waals surface area (Å²) in [6.45, 7) is 5.86. The molecule has 2 heterocycles. The lowest BCUT2D eigenvalue weighted by molar-refractivity contribution is -0.121. The van der Waals surface area contributed by atoms with Gasteiger partial charge in [0, 0.05) is 13.0 Å². The molecule has 2 saturated heterocycles. The van der Waals surface area contributed by atoms with Crippen molar-refractivity contribution in [3.05, 3.63) is 0 Å². The summed E-state index contributed by atoms with van der Waals surface area (Å²) in [5, 5.41) is 0. The Morgan fingerprint density at radius 2 is 2.14 bits per heavy atom. The van der Waals surface area contributed by atoms with E-state index in [1.807, 2.05) is 0 Å². The van der Waals surface area contributed by atoms with Crippen molar-refractivity contribution in [2.45, 2.75) is 56.8 Å². The van der Waals surface area contributed by atoms with Crippen LogP contribution in [0.2, 0.25) is 0 Å². The van der Waals surface area contributed by atoms with Gasteiger partial charge in [-0.15, -0.1) is 0 Å². The third-order valence-corrected chi connectivity index (χ3v) is 3.83. The highest BCUT2D eigenvalue weighted by Crippen LogP contribution is 2.46. The van der Waals surface area contributed by atoms with Gasteiger partial charge in [0.1, 0.15) is 0 Å². The summed E-state index contributed by atoms with van der Waals surface area (Å²) < 4.78 is 11.9. The van der Waals surface area contributed by atoms with E-state index in [4.69, 9.17) is 15.2 Å². The monoisotopic (exact) mass is 199 g/mol. The molecular formula is C11H21NO2. The van der Waals surface area contributed by atoms with Crippen LogP contribution in [0.15, 0.2) is 0 Å². The first-order valence-electron chi connectivity index (χ1n) is 5.62. The third-order valence-electron chi connectivity index (χ3n) is 3.83. The number of rotatable bonds is 2. The molecule has 2 rings (SSSR count). The minimum Gasteiger partial charge on any atom is -0.375 e. The topological polar surface area (TPSA) is 44.5 Å². The molecule has 0 aliphatic carbocycles. The van der Waals surface area contributed by atoms with Gasteiger partial charge in [0.15, 0.2) is 0 Å². The molecule has 82 valence electrons. The maximum Gasteiger partial charge on any atom is 0.0970 e. The Kier molecular flexibility index (Phi) is 2.58. The van der Waals surface area contributed by atoms with Crippen LogP contribution in [0.5, 0.6) is 0 Å². The Bertz CT molecular complexity index is 221. The summed E-state index contributed by atoms with van der Waals surface area (Å²) in [5.41, 5.74) is 5.60. The minimum absolute atomic E-state index is 0.00326. The Morgan fingerprint density at radius 3 is 2.71 bits per heavy atom. The highest BCUT2D eigenvalue weighted by molar-refractivity contribution is 5.01. The standard InChI is InChI=1S/C11H21NO2/c1-9-11(6-8-13-9)4-3-10(2,14-11)5-7-12/h9H,3-8,12H2,1-2H3. The molecule has 0 aromatic heterocycles. The summed E-state index contributed by atoms with van der Waals surface area (Å²) >= 11 is 0. The second-order valence-corrected chi connectivity index (χ2v) is 4.92. The average molecular weight is 199 g/mol. The van der Waals surface area contributed by atoms with Crippen LogP contribution in [0.25, 0.3) is 0 Å². The van der Waals surface area contributed by atoms with Crippen LogP contribution >= 0.6 is 0 Å². The molecule has 2 fully saturated rings. The van der Waals surface area contributed by atoms with E-state index in [2.05, 4.69) is 13.8 Å². The van der Waals surface area contributed by atoms with Crippen molar-refractivity contribution < 1.29 is 9.47 Å². The fourth-order valence-electron chi connectivity index (χ4n) is 2.78. The second kappa shape index (κ2) is 3.47. The SMILES string of the molecule is CC1OCCC12CCC(C)(CCN)O2. The molecule has 1 spiro atoms. The average Bonchev–Trinajstić information content (AvgIpc) is 2.61. The van der Waals surface area contributed by atoms with Gasteiger partial charge in [0.05, 0.1) is 17.3 Å². The van der Waals surface area contributed by atoms with Gasteiger partial charge in [-0.05, 0) is 39.7 Å². The predicted octanol–water partition coefficient (Wildman–Crippen LogP) is 1.45. The van der Waals surface area contributed by atoms with Crippen molar-refractivity contribution >= 4 is 0 Å². The zero-order chi connectivity index (χ0) is 10.2. The fraction of sp³-hybridized carbons (Fsp3) is 1.00. The van der Waals surface area contributed by atoms with E-state index in [-0.39, 0.29) is 17.3 Å². The Hall–Kier alpha value is -0.120. The van der Waals surface area contributed by atoms with Crippen molar-refractivity contribution in [1.82, 2.24) is 0 Å². The first kappa shape index (κ1) is 10.4. The highest BCUT2D eigenvalue weighted by Gasteiger charge is 2.52. The number of hydrogen-bond acceptors (Lipinski definition) is 3. The van der Waals surface area contributed by atoms with Crippen molar-refractivity contribution in [2.24, 2.45) is 5.73 Å². The summed E-state index contributed by atoms with van der Waals surface area (Å²) in [7, 11) is 0. The summed E-state index contributed by atoms with van der Waals surface area (Å²) in [6, 6.07) is 0. The second-order valence-electron chi connectivity index (χ2n) is 4.92. The van der Waals surface area contributed by atoms with E-state index in [0.717, 1.165) is 32.3 Å². The maximum atomic E-state index is 6.25. The van der Waals surface area contributed by atoms with Crippen molar-refractivity contribution in [3.8, 4) is 0 Å². The molecule has 2 aliphatic rings. The summed E-state index contributed by atoms with van der Waals surface area (Å²) in [6.07, 6.45) is 4.51. The Morgan fingerprint density at radius 1 is 1.36 bits per heavy atom. The van der Waals surface area contributed by atoms with Crippen LogP contribution in [-0.4, -0.2) is 30.5 Å². The van der Waals surface area contributed by atoms with E-state index < -0.39 is 0 Å². The van der Waals surface area contributed by atoms with Crippen LogP contribution < -0.4 is 5.73 Å². The molecular weight excluding hydrogens is 178 g/mol. The first-order chi connectivity index (χ1) is 6.60. The van der Waals surface area contributed by atoms with Gasteiger partial charge in [0.2, 0.25) is 0 Å². The van der Waals surface area contributed by atoms with Gasteiger partial charge < -0.3 is 15.2 Å². The Balaban J connectivity index is 2.06. The molecule has 0 aromatic carbocycles. The van der Waals surface area contributed by atoms with E-state index in [0.29, 0.717) is 6.54 Å². The van der Waals surface area contributed by atoms with Gasteiger partial charge in [-0.1, -0.05) is 0 Å². The summed E-state index contributed by atoms with van der Waals surface area (Å²) in [5.74, 6) is 0. The van der Waals surface area contributed by atoms with Crippen molar-refractivity contribution in [2.75, 3.05) is 13.2 Å². The highest BCUT2D eigenvalue weighted by atomic mass is 16.6. The van der Waals surface area contributed by atoms with Crippen LogP contribution in [0.3, 0.4) is 0 Å². The molecule has 14 heavy (non-hydrogen) atoms.